The number of halogens is 2. The Morgan fingerprint density at radius 1 is 1.16 bits per heavy atom. The van der Waals surface area contributed by atoms with Crippen LogP contribution in [0.3, 0.4) is 0 Å². The molecule has 1 aromatic carbocycles. The minimum absolute atomic E-state index is 0.315. The lowest BCUT2D eigenvalue weighted by molar-refractivity contribution is 0.216. The van der Waals surface area contributed by atoms with Crippen molar-refractivity contribution in [2.24, 2.45) is 11.8 Å². The molecule has 19 heavy (non-hydrogen) atoms. The van der Waals surface area contributed by atoms with Gasteiger partial charge in [0, 0.05) is 12.1 Å². The van der Waals surface area contributed by atoms with E-state index in [4.69, 9.17) is 23.2 Å². The Hall–Kier alpha value is -0.240. The molecule has 0 spiro atoms. The second kappa shape index (κ2) is 6.47. The molecule has 1 saturated carbocycles. The first kappa shape index (κ1) is 15.2. The van der Waals surface area contributed by atoms with E-state index in [0.717, 1.165) is 11.8 Å². The molecule has 0 radical (unpaired) electrons. The summed E-state index contributed by atoms with van der Waals surface area (Å²) in [5, 5.41) is 5.01. The zero-order chi connectivity index (χ0) is 14.0. The highest BCUT2D eigenvalue weighted by Gasteiger charge is 2.26. The first-order valence-electron chi connectivity index (χ1n) is 7.18. The van der Waals surface area contributed by atoms with Gasteiger partial charge >= 0.3 is 0 Å². The molecule has 0 heterocycles. The monoisotopic (exact) mass is 299 g/mol. The second-order valence-corrected chi connectivity index (χ2v) is 6.88. The maximum Gasteiger partial charge on any atom is 0.0595 e. The average molecular weight is 300 g/mol. The van der Waals surface area contributed by atoms with Crippen LogP contribution >= 0.6 is 23.2 Å². The molecule has 0 aromatic heterocycles. The fourth-order valence-electron chi connectivity index (χ4n) is 3.11. The molecule has 1 fully saturated rings. The molecule has 3 heteroatoms. The topological polar surface area (TPSA) is 12.0 Å². The summed E-state index contributed by atoms with van der Waals surface area (Å²) in [5.74, 6) is 1.61. The third-order valence-corrected chi connectivity index (χ3v) is 5.08. The fourth-order valence-corrected chi connectivity index (χ4v) is 3.42. The molecule has 4 atom stereocenters. The van der Waals surface area contributed by atoms with Crippen LogP contribution in [0.4, 0.5) is 0 Å². The van der Waals surface area contributed by atoms with Crippen molar-refractivity contribution >= 4 is 23.2 Å². The van der Waals surface area contributed by atoms with Crippen LogP contribution in [0.1, 0.15) is 51.6 Å². The normalized spacial score (nSPS) is 29.2. The van der Waals surface area contributed by atoms with Gasteiger partial charge in [-0.15, -0.1) is 0 Å². The van der Waals surface area contributed by atoms with Gasteiger partial charge in [0.25, 0.3) is 0 Å². The molecule has 0 aliphatic heterocycles. The SMILES string of the molecule is CC1CCC(NC(C)c2ccc(Cl)c(Cl)c2)C(C)C1. The lowest BCUT2D eigenvalue weighted by atomic mass is 9.79. The summed E-state index contributed by atoms with van der Waals surface area (Å²) in [6.45, 7) is 6.91. The van der Waals surface area contributed by atoms with Crippen LogP contribution < -0.4 is 5.32 Å². The van der Waals surface area contributed by atoms with E-state index in [1.54, 1.807) is 0 Å². The summed E-state index contributed by atoms with van der Waals surface area (Å²) in [5.41, 5.74) is 1.21. The fraction of sp³-hybridized carbons (Fsp3) is 0.625. The molecule has 0 bridgehead atoms. The zero-order valence-electron chi connectivity index (χ0n) is 11.9. The van der Waals surface area contributed by atoms with Gasteiger partial charge in [-0.2, -0.15) is 0 Å². The molecule has 4 unspecified atom stereocenters. The van der Waals surface area contributed by atoms with Crippen molar-refractivity contribution in [3.63, 3.8) is 0 Å². The van der Waals surface area contributed by atoms with Crippen LogP contribution in [-0.2, 0) is 0 Å². The van der Waals surface area contributed by atoms with Gasteiger partial charge in [0.1, 0.15) is 0 Å². The largest absolute Gasteiger partial charge is 0.307 e. The van der Waals surface area contributed by atoms with Gasteiger partial charge in [-0.05, 0) is 55.7 Å². The summed E-state index contributed by atoms with van der Waals surface area (Å²) in [6, 6.07) is 6.83. The van der Waals surface area contributed by atoms with Gasteiger partial charge in [-0.25, -0.2) is 0 Å². The molecule has 1 aliphatic carbocycles. The number of hydrogen-bond donors (Lipinski definition) is 1. The predicted molar refractivity (Wildman–Crippen MR) is 84.0 cm³/mol. The van der Waals surface area contributed by atoms with E-state index in [2.05, 4.69) is 32.2 Å². The molecule has 2 rings (SSSR count). The molecular weight excluding hydrogens is 277 g/mol. The van der Waals surface area contributed by atoms with Gasteiger partial charge in [-0.3, -0.25) is 0 Å². The van der Waals surface area contributed by atoms with E-state index < -0.39 is 0 Å². The van der Waals surface area contributed by atoms with Crippen LogP contribution in [0.15, 0.2) is 18.2 Å². The number of benzene rings is 1. The summed E-state index contributed by atoms with van der Waals surface area (Å²) >= 11 is 12.1. The molecule has 1 nitrogen and oxygen atoms in total. The van der Waals surface area contributed by atoms with Crippen LogP contribution in [0, 0.1) is 11.8 Å². The number of hydrogen-bond acceptors (Lipinski definition) is 1. The van der Waals surface area contributed by atoms with E-state index in [1.807, 2.05) is 12.1 Å². The van der Waals surface area contributed by atoms with Crippen molar-refractivity contribution in [2.75, 3.05) is 0 Å². The third kappa shape index (κ3) is 3.87. The number of nitrogens with one attached hydrogen (secondary N) is 1. The lowest BCUT2D eigenvalue weighted by Crippen LogP contribution is -2.40. The van der Waals surface area contributed by atoms with Crippen molar-refractivity contribution in [1.29, 1.82) is 0 Å². The van der Waals surface area contributed by atoms with E-state index >= 15 is 0 Å². The summed E-state index contributed by atoms with van der Waals surface area (Å²) in [7, 11) is 0. The third-order valence-electron chi connectivity index (χ3n) is 4.34. The molecule has 106 valence electrons. The van der Waals surface area contributed by atoms with Crippen LogP contribution in [0.2, 0.25) is 10.0 Å². The first-order valence-corrected chi connectivity index (χ1v) is 7.94. The van der Waals surface area contributed by atoms with Crippen molar-refractivity contribution in [2.45, 2.75) is 52.1 Å². The van der Waals surface area contributed by atoms with Crippen molar-refractivity contribution < 1.29 is 0 Å². The molecule has 1 aromatic rings. The maximum absolute atomic E-state index is 6.09. The van der Waals surface area contributed by atoms with Crippen molar-refractivity contribution in [1.82, 2.24) is 5.32 Å². The lowest BCUT2D eigenvalue weighted by Gasteiger charge is -2.35. The highest BCUT2D eigenvalue weighted by atomic mass is 35.5. The smallest absolute Gasteiger partial charge is 0.0595 e. The Morgan fingerprint density at radius 3 is 2.53 bits per heavy atom. The van der Waals surface area contributed by atoms with Gasteiger partial charge in [0.2, 0.25) is 0 Å². The highest BCUT2D eigenvalue weighted by molar-refractivity contribution is 6.42. The summed E-state index contributed by atoms with van der Waals surface area (Å²) < 4.78 is 0. The quantitative estimate of drug-likeness (QED) is 0.780. The second-order valence-electron chi connectivity index (χ2n) is 6.06. The number of rotatable bonds is 3. The summed E-state index contributed by atoms with van der Waals surface area (Å²) in [6.07, 6.45) is 3.93. The molecule has 1 aliphatic rings. The molecule has 0 saturated heterocycles. The average Bonchev–Trinajstić information content (AvgIpc) is 2.36. The van der Waals surface area contributed by atoms with Crippen molar-refractivity contribution in [3.05, 3.63) is 33.8 Å². The van der Waals surface area contributed by atoms with E-state index in [1.165, 1.54) is 24.8 Å². The molecule has 1 N–H and O–H groups in total. The standard InChI is InChI=1S/C16H23Cl2N/c1-10-4-7-16(11(2)8-10)19-12(3)13-5-6-14(17)15(18)9-13/h5-6,9-12,16,19H,4,7-8H2,1-3H3. The Morgan fingerprint density at radius 2 is 1.89 bits per heavy atom. The van der Waals surface area contributed by atoms with Gasteiger partial charge in [0.15, 0.2) is 0 Å². The zero-order valence-corrected chi connectivity index (χ0v) is 13.4. The van der Waals surface area contributed by atoms with E-state index in [-0.39, 0.29) is 0 Å². The van der Waals surface area contributed by atoms with E-state index in [0.29, 0.717) is 22.1 Å². The molecule has 0 amide bonds. The Balaban J connectivity index is 2.00. The van der Waals surface area contributed by atoms with Crippen LogP contribution in [0.25, 0.3) is 0 Å². The van der Waals surface area contributed by atoms with Crippen molar-refractivity contribution in [3.8, 4) is 0 Å². The highest BCUT2D eigenvalue weighted by Crippen LogP contribution is 2.31. The summed E-state index contributed by atoms with van der Waals surface area (Å²) in [4.78, 5) is 0. The van der Waals surface area contributed by atoms with Gasteiger partial charge in [-0.1, -0.05) is 43.1 Å². The molecular formula is C16H23Cl2N. The predicted octanol–water partition coefficient (Wildman–Crippen LogP) is 5.47. The Bertz CT molecular complexity index is 433. The Labute approximate surface area is 126 Å². The van der Waals surface area contributed by atoms with Gasteiger partial charge in [0.05, 0.1) is 10.0 Å². The van der Waals surface area contributed by atoms with E-state index in [9.17, 15) is 0 Å². The van der Waals surface area contributed by atoms with Crippen LogP contribution in [-0.4, -0.2) is 6.04 Å². The first-order chi connectivity index (χ1) is 8.97. The Kier molecular flexibility index (Phi) is 5.16. The minimum atomic E-state index is 0.315. The maximum atomic E-state index is 6.09. The minimum Gasteiger partial charge on any atom is -0.307 e. The van der Waals surface area contributed by atoms with Crippen LogP contribution in [0.5, 0.6) is 0 Å². The van der Waals surface area contributed by atoms with Gasteiger partial charge < -0.3 is 5.32 Å².